The topological polar surface area (TPSA) is 83.8 Å². The standard InChI is InChI=1S/C20H21F3O5S/c21-20(22,23)8-3-9-29(26,27)28-15-6-7-18(25)17(11-15)19-14(12-24)10-13-4-1-2-5-16(13)19/h1-2,4-7,11,14,19,24-25H,3,8-10,12H2/t14-,19?/m0/s1. The lowest BCUT2D eigenvalue weighted by Gasteiger charge is -2.21. The van der Waals surface area contributed by atoms with Gasteiger partial charge in [-0.15, -0.1) is 0 Å². The van der Waals surface area contributed by atoms with Gasteiger partial charge >= 0.3 is 16.3 Å². The summed E-state index contributed by atoms with van der Waals surface area (Å²) in [6.07, 6.45) is -5.64. The van der Waals surface area contributed by atoms with E-state index in [1.165, 1.54) is 18.2 Å². The highest BCUT2D eigenvalue weighted by Gasteiger charge is 2.35. The van der Waals surface area contributed by atoms with E-state index < -0.39 is 34.9 Å². The average Bonchev–Trinajstić information content (AvgIpc) is 3.00. The van der Waals surface area contributed by atoms with Crippen molar-refractivity contribution < 1.29 is 36.0 Å². The van der Waals surface area contributed by atoms with Crippen LogP contribution < -0.4 is 4.18 Å². The van der Waals surface area contributed by atoms with Crippen LogP contribution in [0.3, 0.4) is 0 Å². The van der Waals surface area contributed by atoms with E-state index in [1.54, 1.807) is 0 Å². The van der Waals surface area contributed by atoms with Crippen molar-refractivity contribution in [2.45, 2.75) is 31.4 Å². The molecule has 0 bridgehead atoms. The lowest BCUT2D eigenvalue weighted by Crippen LogP contribution is -2.17. The van der Waals surface area contributed by atoms with Crippen LogP contribution in [0.25, 0.3) is 0 Å². The van der Waals surface area contributed by atoms with Crippen LogP contribution in [0.4, 0.5) is 13.2 Å². The molecule has 0 spiro atoms. The maximum Gasteiger partial charge on any atom is 0.389 e. The Morgan fingerprint density at radius 1 is 1.10 bits per heavy atom. The number of aliphatic hydroxyl groups excluding tert-OH is 1. The first kappa shape index (κ1) is 21.4. The van der Waals surface area contributed by atoms with Crippen molar-refractivity contribution >= 4 is 10.1 Å². The molecule has 29 heavy (non-hydrogen) atoms. The lowest BCUT2D eigenvalue weighted by atomic mass is 9.85. The molecule has 0 saturated heterocycles. The number of halogens is 3. The first-order chi connectivity index (χ1) is 13.6. The summed E-state index contributed by atoms with van der Waals surface area (Å²) < 4.78 is 65.7. The number of rotatable bonds is 7. The monoisotopic (exact) mass is 430 g/mol. The van der Waals surface area contributed by atoms with Gasteiger partial charge in [0.1, 0.15) is 11.5 Å². The van der Waals surface area contributed by atoms with Crippen LogP contribution >= 0.6 is 0 Å². The molecule has 0 aliphatic heterocycles. The third-order valence-electron chi connectivity index (χ3n) is 4.99. The van der Waals surface area contributed by atoms with Crippen molar-refractivity contribution in [2.24, 2.45) is 5.92 Å². The summed E-state index contributed by atoms with van der Waals surface area (Å²) >= 11 is 0. The number of fused-ring (bicyclic) bond motifs is 1. The zero-order valence-corrected chi connectivity index (χ0v) is 16.2. The minimum absolute atomic E-state index is 0.0769. The highest BCUT2D eigenvalue weighted by atomic mass is 32.2. The predicted octanol–water partition coefficient (Wildman–Crippen LogP) is 3.74. The molecule has 2 N–H and O–H groups in total. The Morgan fingerprint density at radius 2 is 1.83 bits per heavy atom. The van der Waals surface area contributed by atoms with Gasteiger partial charge in [0.15, 0.2) is 0 Å². The van der Waals surface area contributed by atoms with Gasteiger partial charge in [-0.05, 0) is 48.1 Å². The number of phenolic OH excluding ortho intramolecular Hbond substituents is 1. The van der Waals surface area contributed by atoms with E-state index in [9.17, 15) is 31.8 Å². The highest BCUT2D eigenvalue weighted by molar-refractivity contribution is 7.87. The number of aliphatic hydroxyl groups is 1. The molecule has 1 unspecified atom stereocenters. The maximum atomic E-state index is 12.2. The third-order valence-corrected chi connectivity index (χ3v) is 6.23. The molecule has 5 nitrogen and oxygen atoms in total. The molecule has 1 aliphatic rings. The lowest BCUT2D eigenvalue weighted by molar-refractivity contribution is -0.134. The first-order valence-corrected chi connectivity index (χ1v) is 10.7. The number of aromatic hydroxyl groups is 1. The van der Waals surface area contributed by atoms with Crippen molar-refractivity contribution in [1.82, 2.24) is 0 Å². The van der Waals surface area contributed by atoms with Crippen LogP contribution in [-0.4, -0.2) is 37.2 Å². The molecule has 0 aromatic heterocycles. The fourth-order valence-electron chi connectivity index (χ4n) is 3.74. The molecule has 0 saturated carbocycles. The average molecular weight is 430 g/mol. The van der Waals surface area contributed by atoms with Crippen LogP contribution in [0.5, 0.6) is 11.5 Å². The Bertz CT molecular complexity index is 972. The van der Waals surface area contributed by atoms with Crippen LogP contribution in [-0.2, 0) is 16.5 Å². The van der Waals surface area contributed by atoms with Crippen molar-refractivity contribution in [1.29, 1.82) is 0 Å². The zero-order chi connectivity index (χ0) is 21.2. The molecule has 1 aliphatic carbocycles. The number of hydrogen-bond acceptors (Lipinski definition) is 5. The second kappa shape index (κ2) is 8.23. The van der Waals surface area contributed by atoms with Gasteiger partial charge in [-0.3, -0.25) is 0 Å². The van der Waals surface area contributed by atoms with Crippen molar-refractivity contribution in [3.8, 4) is 11.5 Å². The highest BCUT2D eigenvalue weighted by Crippen LogP contribution is 2.46. The van der Waals surface area contributed by atoms with E-state index in [1.807, 2.05) is 24.3 Å². The van der Waals surface area contributed by atoms with Crippen LogP contribution in [0.15, 0.2) is 42.5 Å². The quantitative estimate of drug-likeness (QED) is 0.654. The van der Waals surface area contributed by atoms with E-state index >= 15 is 0 Å². The SMILES string of the molecule is O=S(=O)(CCCC(F)(F)F)Oc1ccc(O)c(C2c3ccccc3C[C@H]2CO)c1. The fraction of sp³-hybridized carbons (Fsp3) is 0.400. The summed E-state index contributed by atoms with van der Waals surface area (Å²) in [5.41, 5.74) is 2.35. The van der Waals surface area contributed by atoms with E-state index in [-0.39, 0.29) is 29.9 Å². The van der Waals surface area contributed by atoms with Crippen LogP contribution in [0.1, 0.15) is 35.4 Å². The second-order valence-corrected chi connectivity index (χ2v) is 8.80. The van der Waals surface area contributed by atoms with E-state index in [0.717, 1.165) is 11.1 Å². The van der Waals surface area contributed by atoms with Crippen molar-refractivity contribution in [2.75, 3.05) is 12.4 Å². The molecular formula is C20H21F3O5S. The summed E-state index contributed by atoms with van der Waals surface area (Å²) in [4.78, 5) is 0. The predicted molar refractivity (Wildman–Crippen MR) is 100 cm³/mol. The Labute approximate surface area is 166 Å². The number of phenols is 1. The summed E-state index contributed by atoms with van der Waals surface area (Å²) in [7, 11) is -4.22. The third kappa shape index (κ3) is 5.22. The molecule has 158 valence electrons. The van der Waals surface area contributed by atoms with Gasteiger partial charge in [0.2, 0.25) is 0 Å². The normalized spacial score (nSPS) is 19.2. The zero-order valence-electron chi connectivity index (χ0n) is 15.4. The molecule has 9 heteroatoms. The fourth-order valence-corrected chi connectivity index (χ4v) is 4.72. The minimum Gasteiger partial charge on any atom is -0.508 e. The molecule has 2 aromatic carbocycles. The van der Waals surface area contributed by atoms with E-state index in [0.29, 0.717) is 12.0 Å². The molecular weight excluding hydrogens is 409 g/mol. The van der Waals surface area contributed by atoms with Crippen LogP contribution in [0, 0.1) is 5.92 Å². The van der Waals surface area contributed by atoms with Crippen LogP contribution in [0.2, 0.25) is 0 Å². The molecule has 3 rings (SSSR count). The van der Waals surface area contributed by atoms with Gasteiger partial charge in [-0.2, -0.15) is 21.6 Å². The van der Waals surface area contributed by atoms with Gasteiger partial charge < -0.3 is 14.4 Å². The number of alkyl halides is 3. The van der Waals surface area contributed by atoms with E-state index in [4.69, 9.17) is 4.18 Å². The Kier molecular flexibility index (Phi) is 6.09. The number of hydrogen-bond donors (Lipinski definition) is 2. The summed E-state index contributed by atoms with van der Waals surface area (Å²) in [6.45, 7) is -0.125. The Morgan fingerprint density at radius 3 is 2.52 bits per heavy atom. The largest absolute Gasteiger partial charge is 0.508 e. The molecule has 0 amide bonds. The van der Waals surface area contributed by atoms with Crippen molar-refractivity contribution in [3.05, 3.63) is 59.2 Å². The molecule has 0 fully saturated rings. The molecule has 2 atom stereocenters. The maximum absolute atomic E-state index is 12.2. The smallest absolute Gasteiger partial charge is 0.389 e. The number of benzene rings is 2. The summed E-state index contributed by atoms with van der Waals surface area (Å²) in [6, 6.07) is 11.4. The Hall–Kier alpha value is -2.26. The molecule has 0 heterocycles. The Balaban J connectivity index is 1.83. The molecule has 2 aromatic rings. The van der Waals surface area contributed by atoms with Gasteiger partial charge in [0.05, 0.1) is 5.75 Å². The van der Waals surface area contributed by atoms with Gasteiger partial charge in [0, 0.05) is 24.5 Å². The van der Waals surface area contributed by atoms with Gasteiger partial charge in [-0.25, -0.2) is 0 Å². The second-order valence-electron chi connectivity index (χ2n) is 7.11. The van der Waals surface area contributed by atoms with Crippen molar-refractivity contribution in [3.63, 3.8) is 0 Å². The summed E-state index contributed by atoms with van der Waals surface area (Å²) in [5, 5.41) is 20.1. The van der Waals surface area contributed by atoms with Gasteiger partial charge in [0.25, 0.3) is 0 Å². The summed E-state index contributed by atoms with van der Waals surface area (Å²) in [5.74, 6) is -1.49. The van der Waals surface area contributed by atoms with Gasteiger partial charge in [-0.1, -0.05) is 24.3 Å². The molecule has 0 radical (unpaired) electrons. The minimum atomic E-state index is -4.43. The first-order valence-electron chi connectivity index (χ1n) is 9.10. The van der Waals surface area contributed by atoms with E-state index in [2.05, 4.69) is 0 Å².